The number of carboxylic acids is 1. The zero-order valence-corrected chi connectivity index (χ0v) is 62.5. The Morgan fingerprint density at radius 2 is 1.12 bits per heavy atom. The molecule has 3 fully saturated rings. The normalized spacial score (nSPS) is 13.7. The summed E-state index contributed by atoms with van der Waals surface area (Å²) >= 11 is 22.3. The van der Waals surface area contributed by atoms with Gasteiger partial charge < -0.3 is 78.5 Å². The Kier molecular flexibility index (Phi) is 40.6. The van der Waals surface area contributed by atoms with E-state index in [4.69, 9.17) is 92.3 Å². The predicted molar refractivity (Wildman–Crippen MR) is 348 cm³/mol. The van der Waals surface area contributed by atoms with Crippen molar-refractivity contribution < 1.29 is 201 Å². The maximum atomic E-state index is 14.1. The molecule has 5 heterocycles. The number of aryl methyl sites for hydroxylation is 1. The molecule has 99 heavy (non-hydrogen) atoms. The molecule has 27 nitrogen and oxygen atoms in total. The molecule has 10 rings (SSSR count). The largest absolute Gasteiger partial charge is 1.00 e. The molecule has 3 aliphatic heterocycles. The Hall–Kier alpha value is -4.94. The molecule has 0 unspecified atom stereocenters. The second kappa shape index (κ2) is 44.5. The molecule has 0 atom stereocenters. The van der Waals surface area contributed by atoms with Crippen molar-refractivity contribution in [1.82, 2.24) is 40.4 Å². The average molecular weight is 1520 g/mol. The Morgan fingerprint density at radius 1 is 0.687 bits per heavy atom. The third kappa shape index (κ3) is 28.7. The number of nitrogens with zero attached hydrogens (tertiary/aromatic N) is 5. The number of nitrogens with two attached hydrogens (primary N) is 2. The van der Waals surface area contributed by atoms with Crippen LogP contribution in [0.25, 0.3) is 21.8 Å². The number of carboxylic acid groups (broad SMARTS) is 1. The van der Waals surface area contributed by atoms with Crippen LogP contribution in [0, 0.1) is 17.5 Å². The van der Waals surface area contributed by atoms with Crippen molar-refractivity contribution >= 4 is 116 Å². The number of aliphatic carboxylic acids is 1. The molecule has 3 aliphatic rings. The third-order valence-corrected chi connectivity index (χ3v) is 15.1. The first-order valence-corrected chi connectivity index (χ1v) is 30.4. The van der Waals surface area contributed by atoms with Crippen molar-refractivity contribution in [3.8, 4) is 0 Å². The zero-order chi connectivity index (χ0) is 70.8. The summed E-state index contributed by atoms with van der Waals surface area (Å²) in [5.74, 6) is -4.96. The van der Waals surface area contributed by atoms with Gasteiger partial charge in [0.05, 0.1) is 91.3 Å². The Labute approximate surface area is 672 Å². The maximum Gasteiger partial charge on any atom is 1.00 e. The van der Waals surface area contributed by atoms with Crippen molar-refractivity contribution in [2.75, 3.05) is 78.2 Å². The Morgan fingerprint density at radius 3 is 1.54 bits per heavy atom. The first-order valence-electron chi connectivity index (χ1n) is 28.7. The summed E-state index contributed by atoms with van der Waals surface area (Å²) in [7, 11) is 0. The zero-order valence-electron chi connectivity index (χ0n) is 54.3. The minimum atomic E-state index is -1.27. The summed E-state index contributed by atoms with van der Waals surface area (Å²) in [6.07, 6.45) is 0.596. The number of hydrogen-bond donors (Lipinski definition) is 9. The first kappa shape index (κ1) is 90.1. The molecular formula is C63H73Cl4F3K2N10O17. The van der Waals surface area contributed by atoms with Crippen molar-refractivity contribution in [3.05, 3.63) is 164 Å². The van der Waals surface area contributed by atoms with Crippen LogP contribution in [0.5, 0.6) is 0 Å². The molecule has 0 aliphatic carbocycles. The molecular weight excluding hydrogens is 1450 g/mol. The molecule has 5 aromatic carbocycles. The number of ketones is 2. The van der Waals surface area contributed by atoms with Gasteiger partial charge in [-0.3, -0.25) is 47.7 Å². The summed E-state index contributed by atoms with van der Waals surface area (Å²) in [6.45, 7) is 2.18. The number of aromatic nitrogens is 4. The summed E-state index contributed by atoms with van der Waals surface area (Å²) in [6, 6.07) is 27.7. The van der Waals surface area contributed by atoms with E-state index < -0.39 is 57.9 Å². The van der Waals surface area contributed by atoms with E-state index in [1.165, 1.54) is 45.5 Å². The van der Waals surface area contributed by atoms with Crippen molar-refractivity contribution in [2.45, 2.75) is 70.2 Å². The SMILES string of the molecule is C.CC(=O)c1nn(CC(=O)N(CC(=O)NCc2cccc(Cl)c2F)CC2(O)COC2)c2ccccc12.NC(=O)c1nn(CC(=O)O)c2ccccc12.NCC1(O)COC1.O=C(CCl)CCc1cccc(Cl)c1F.O=C(CNCC1(O)COC1)NCc1cccc(Cl)c1F.O=CO[O-].[H-].[K+].[K+]. The van der Waals surface area contributed by atoms with Crippen LogP contribution < -0.4 is 135 Å². The van der Waals surface area contributed by atoms with Gasteiger partial charge in [-0.15, -0.1) is 11.6 Å². The van der Waals surface area contributed by atoms with Crippen LogP contribution in [0.1, 0.15) is 59.9 Å². The number of fused-ring (bicyclic) bond motifs is 2. The van der Waals surface area contributed by atoms with E-state index in [9.17, 15) is 56.9 Å². The number of benzene rings is 5. The quantitative estimate of drug-likeness (QED) is 0.00769. The van der Waals surface area contributed by atoms with Gasteiger partial charge in [-0.2, -0.15) is 10.2 Å². The van der Waals surface area contributed by atoms with Crippen LogP contribution in [0.2, 0.25) is 15.1 Å². The van der Waals surface area contributed by atoms with Crippen LogP contribution in [-0.4, -0.2) is 188 Å². The van der Waals surface area contributed by atoms with E-state index in [-0.39, 0.29) is 259 Å². The number of hydrogen-bond acceptors (Lipinski definition) is 20. The van der Waals surface area contributed by atoms with Crippen molar-refractivity contribution in [2.24, 2.45) is 11.5 Å². The Balaban J connectivity index is 0.000000659. The molecule has 528 valence electrons. The standard InChI is InChI=1S/C24H24ClFN4O5.C13H16ClFN2O3.C10H9Cl2FO.C10H9N3O3.C4H9NO2.CH2O3.CH4.2K.H/c1-15(31)23-17-6-2-3-8-19(17)30(28-23)11-21(33)29(12-24(34)13-35-14-24)10-20(32)27-9-16-5-4-7-18(25)22(16)26;14-10-3-1-2-9(12(10)15)4-17-11(18)5-16-6-13(19)7-20-8-13;11-6-8(14)5-4-7-2-1-3-9(12)10(7)13;11-10(16)9-6-3-1-2-4-7(6)13(12-9)5-8(14)15;5-1-4(6)2-7-3-4;2-1-4-3;;;;/h2-8,34H,9-14H2,1H3,(H,27,32);1-3,16,19H,4-8H2,(H,17,18);1-3H,4-6H2;1-4H,5H2,(H2,11,16)(H,14,15);6H,1-3,5H2;1,3H;1H4;;;/q;;;;;;;2*+1;-1/p-1. The maximum absolute atomic E-state index is 14.1. The van der Waals surface area contributed by atoms with Gasteiger partial charge in [-0.25, -0.2) is 13.2 Å². The fourth-order valence-corrected chi connectivity index (χ4v) is 9.46. The number of alkyl halides is 1. The molecule has 0 spiro atoms. The van der Waals surface area contributed by atoms with Crippen LogP contribution in [0.4, 0.5) is 13.2 Å². The monoisotopic (exact) mass is 1520 g/mol. The molecule has 3 saturated heterocycles. The number of primary amides is 1. The van der Waals surface area contributed by atoms with Gasteiger partial charge in [-0.1, -0.05) is 115 Å². The Bertz CT molecular complexity index is 3850. The number of rotatable bonds is 24. The van der Waals surface area contributed by atoms with Crippen molar-refractivity contribution in [3.63, 3.8) is 0 Å². The van der Waals surface area contributed by atoms with Crippen LogP contribution >= 0.6 is 46.4 Å². The van der Waals surface area contributed by atoms with E-state index in [0.29, 0.717) is 59.1 Å². The average Bonchev–Trinajstić information content (AvgIpc) is 1.62. The van der Waals surface area contributed by atoms with E-state index in [0.717, 1.165) is 0 Å². The number of carbonyl (C=O) groups is 8. The number of Topliss-reactive ketones (excluding diaryl/α,β-unsaturated/α-hetero) is 2. The van der Waals surface area contributed by atoms with Gasteiger partial charge in [-0.05, 0) is 42.3 Å². The summed E-state index contributed by atoms with van der Waals surface area (Å²) in [5, 5.41) is 63.8. The van der Waals surface area contributed by atoms with E-state index in [1.807, 2.05) is 0 Å². The van der Waals surface area contributed by atoms with Gasteiger partial charge in [0.25, 0.3) is 12.4 Å². The topological polar surface area (TPSA) is 404 Å². The summed E-state index contributed by atoms with van der Waals surface area (Å²) in [4.78, 5) is 94.5. The summed E-state index contributed by atoms with van der Waals surface area (Å²) in [5.41, 5.74) is 9.97. The van der Waals surface area contributed by atoms with Gasteiger partial charge in [0.2, 0.25) is 17.7 Å². The van der Waals surface area contributed by atoms with Crippen LogP contribution in [-0.2, 0) is 80.5 Å². The molecule has 0 bridgehead atoms. The number of amides is 4. The minimum Gasteiger partial charge on any atom is -1.00 e. The number of halogens is 7. The van der Waals surface area contributed by atoms with Crippen LogP contribution in [0.15, 0.2) is 103 Å². The van der Waals surface area contributed by atoms with E-state index in [1.54, 1.807) is 78.9 Å². The third-order valence-electron chi connectivity index (χ3n) is 13.9. The second-order valence-electron chi connectivity index (χ2n) is 21.6. The van der Waals surface area contributed by atoms with E-state index >= 15 is 0 Å². The molecule has 2 aromatic heterocycles. The smallest absolute Gasteiger partial charge is 1.00 e. The molecule has 4 amide bonds. The number of nitrogens with one attached hydrogen (secondary N) is 3. The van der Waals surface area contributed by atoms with Gasteiger partial charge in [0.1, 0.15) is 58.8 Å². The fraction of sp³-hybridized carbons (Fsp3) is 0.365. The van der Waals surface area contributed by atoms with Gasteiger partial charge >= 0.3 is 109 Å². The summed E-state index contributed by atoms with van der Waals surface area (Å²) < 4.78 is 58.3. The molecule has 0 radical (unpaired) electrons. The predicted octanol–water partition coefficient (Wildman–Crippen LogP) is -2.28. The fourth-order valence-electron chi connectivity index (χ4n) is 8.75. The van der Waals surface area contributed by atoms with Gasteiger partial charge in [0.15, 0.2) is 11.5 Å². The molecule has 7 aromatic rings. The van der Waals surface area contributed by atoms with Crippen molar-refractivity contribution in [1.29, 1.82) is 0 Å². The first-order chi connectivity index (χ1) is 45.6. The number of ether oxygens (including phenoxy) is 3. The molecule has 36 heteroatoms. The number of carbonyl (C=O) groups excluding carboxylic acids is 7. The van der Waals surface area contributed by atoms with Gasteiger partial charge in [0, 0.05) is 61.4 Å². The number of aliphatic hydroxyl groups is 3. The minimum absolute atomic E-state index is 0. The number of para-hydroxylation sites is 2. The van der Waals surface area contributed by atoms with Crippen LogP contribution in [0.3, 0.4) is 0 Å². The second-order valence-corrected chi connectivity index (χ2v) is 23.1. The molecule has 0 saturated carbocycles. The molecule has 11 N–H and O–H groups in total. The van der Waals surface area contributed by atoms with E-state index in [2.05, 4.69) is 31.0 Å².